The molecule has 162 valence electrons. The van der Waals surface area contributed by atoms with Gasteiger partial charge in [0, 0.05) is 18.5 Å². The summed E-state index contributed by atoms with van der Waals surface area (Å²) in [5, 5.41) is 3.49. The van der Waals surface area contributed by atoms with Crippen LogP contribution in [0.3, 0.4) is 0 Å². The number of fused-ring (bicyclic) bond motifs is 1. The fraction of sp³-hybridized carbons (Fsp3) is 0.280. The van der Waals surface area contributed by atoms with Crippen LogP contribution in [0.4, 0.5) is 4.39 Å². The molecule has 2 aliphatic heterocycles. The minimum absolute atomic E-state index is 0. The van der Waals surface area contributed by atoms with E-state index in [-0.39, 0.29) is 25.0 Å². The van der Waals surface area contributed by atoms with E-state index in [1.807, 2.05) is 30.3 Å². The van der Waals surface area contributed by atoms with E-state index in [2.05, 4.69) is 29.6 Å². The molecule has 3 aromatic carbocycles. The Morgan fingerprint density at radius 1 is 0.903 bits per heavy atom. The van der Waals surface area contributed by atoms with E-state index in [0.717, 1.165) is 47.9 Å². The van der Waals surface area contributed by atoms with Crippen LogP contribution in [-0.2, 0) is 0 Å². The normalized spacial score (nSPS) is 19.5. The van der Waals surface area contributed by atoms with Crippen LogP contribution in [0.2, 0.25) is 0 Å². The Hall–Kier alpha value is -2.76. The predicted octanol–water partition coefficient (Wildman–Crippen LogP) is 5.42. The van der Waals surface area contributed by atoms with Crippen molar-refractivity contribution < 1.29 is 18.6 Å². The van der Waals surface area contributed by atoms with Gasteiger partial charge in [0.1, 0.15) is 11.6 Å². The quantitative estimate of drug-likeness (QED) is 0.574. The molecule has 1 fully saturated rings. The lowest BCUT2D eigenvalue weighted by molar-refractivity contribution is 0.173. The van der Waals surface area contributed by atoms with Crippen molar-refractivity contribution in [2.24, 2.45) is 5.92 Å². The van der Waals surface area contributed by atoms with Crippen molar-refractivity contribution in [3.8, 4) is 28.4 Å². The maximum atomic E-state index is 13.2. The van der Waals surface area contributed by atoms with Crippen molar-refractivity contribution in [2.45, 2.75) is 12.3 Å². The second-order valence-corrected chi connectivity index (χ2v) is 7.81. The molecular formula is C25H25ClFNO3. The third-order valence-corrected chi connectivity index (χ3v) is 5.93. The van der Waals surface area contributed by atoms with Gasteiger partial charge in [-0.1, -0.05) is 36.4 Å². The van der Waals surface area contributed by atoms with Gasteiger partial charge < -0.3 is 19.5 Å². The maximum Gasteiger partial charge on any atom is 0.231 e. The first-order valence-corrected chi connectivity index (χ1v) is 10.4. The zero-order valence-corrected chi connectivity index (χ0v) is 17.9. The molecule has 0 spiro atoms. The zero-order chi connectivity index (χ0) is 20.3. The third-order valence-electron chi connectivity index (χ3n) is 5.93. The molecular weight excluding hydrogens is 417 g/mol. The molecule has 0 unspecified atom stereocenters. The Morgan fingerprint density at radius 3 is 2.39 bits per heavy atom. The molecule has 0 saturated carbocycles. The van der Waals surface area contributed by atoms with E-state index in [1.54, 1.807) is 0 Å². The maximum absolute atomic E-state index is 13.2. The molecule has 3 aromatic rings. The topological polar surface area (TPSA) is 39.7 Å². The number of hydrogen-bond donors (Lipinski definition) is 1. The predicted molar refractivity (Wildman–Crippen MR) is 121 cm³/mol. The van der Waals surface area contributed by atoms with E-state index in [4.69, 9.17) is 14.2 Å². The highest BCUT2D eigenvalue weighted by Gasteiger charge is 2.27. The Kier molecular flexibility index (Phi) is 6.64. The number of rotatable bonds is 5. The van der Waals surface area contributed by atoms with E-state index in [1.165, 1.54) is 17.7 Å². The van der Waals surface area contributed by atoms with Crippen LogP contribution in [-0.4, -0.2) is 26.5 Å². The summed E-state index contributed by atoms with van der Waals surface area (Å²) in [6.07, 6.45) is 1.07. The number of halogens is 2. The molecule has 1 N–H and O–H groups in total. The molecule has 0 aromatic heterocycles. The van der Waals surface area contributed by atoms with E-state index < -0.39 is 0 Å². The minimum atomic E-state index is -0.213. The van der Waals surface area contributed by atoms with Gasteiger partial charge in [-0.25, -0.2) is 4.39 Å². The first kappa shape index (κ1) is 21.5. The summed E-state index contributed by atoms with van der Waals surface area (Å²) in [5.74, 6) is 2.90. The number of nitrogens with one attached hydrogen (secondary N) is 1. The molecule has 5 rings (SSSR count). The van der Waals surface area contributed by atoms with Crippen LogP contribution in [0.1, 0.15) is 17.9 Å². The van der Waals surface area contributed by atoms with Crippen LogP contribution < -0.4 is 19.5 Å². The van der Waals surface area contributed by atoms with Gasteiger partial charge in [0.15, 0.2) is 11.5 Å². The SMILES string of the molecule is Cl.Fc1ccc(-c2ccc([C@@H]3CCNC[C@@H]3COc3ccc4c(c3)OCO4)cc2)cc1. The summed E-state index contributed by atoms with van der Waals surface area (Å²) >= 11 is 0. The van der Waals surface area contributed by atoms with Gasteiger partial charge in [-0.3, -0.25) is 0 Å². The van der Waals surface area contributed by atoms with Gasteiger partial charge in [0.05, 0.1) is 6.61 Å². The van der Waals surface area contributed by atoms with E-state index >= 15 is 0 Å². The summed E-state index contributed by atoms with van der Waals surface area (Å²) in [6.45, 7) is 2.83. The monoisotopic (exact) mass is 441 g/mol. The van der Waals surface area contributed by atoms with Crippen molar-refractivity contribution in [1.29, 1.82) is 0 Å². The van der Waals surface area contributed by atoms with Gasteiger partial charge in [-0.05, 0) is 59.8 Å². The second kappa shape index (κ2) is 9.58. The number of ether oxygens (including phenoxy) is 3. The van der Waals surface area contributed by atoms with Crippen molar-refractivity contribution in [3.63, 3.8) is 0 Å². The molecule has 31 heavy (non-hydrogen) atoms. The van der Waals surface area contributed by atoms with Crippen LogP contribution in [0.5, 0.6) is 17.2 Å². The Morgan fingerprint density at radius 2 is 1.61 bits per heavy atom. The molecule has 1 saturated heterocycles. The molecule has 2 atom stereocenters. The lowest BCUT2D eigenvalue weighted by Crippen LogP contribution is -2.38. The molecule has 0 amide bonds. The van der Waals surface area contributed by atoms with Crippen LogP contribution in [0, 0.1) is 11.7 Å². The zero-order valence-electron chi connectivity index (χ0n) is 17.1. The average Bonchev–Trinajstić information content (AvgIpc) is 3.27. The van der Waals surface area contributed by atoms with Crippen LogP contribution >= 0.6 is 12.4 Å². The van der Waals surface area contributed by atoms with Crippen LogP contribution in [0.15, 0.2) is 66.7 Å². The van der Waals surface area contributed by atoms with Gasteiger partial charge >= 0.3 is 0 Å². The summed E-state index contributed by atoms with van der Waals surface area (Å²) in [7, 11) is 0. The lowest BCUT2D eigenvalue weighted by atomic mass is 9.81. The highest BCUT2D eigenvalue weighted by atomic mass is 35.5. The highest BCUT2D eigenvalue weighted by Crippen LogP contribution is 2.36. The number of piperidine rings is 1. The summed E-state index contributed by atoms with van der Waals surface area (Å²) in [5.41, 5.74) is 3.44. The molecule has 0 radical (unpaired) electrons. The fourth-order valence-electron chi connectivity index (χ4n) is 4.27. The summed E-state index contributed by atoms with van der Waals surface area (Å²) in [6, 6.07) is 21.0. The molecule has 0 aliphatic carbocycles. The third kappa shape index (κ3) is 4.78. The smallest absolute Gasteiger partial charge is 0.231 e. The number of hydrogen-bond acceptors (Lipinski definition) is 4. The van der Waals surface area contributed by atoms with Gasteiger partial charge in [-0.15, -0.1) is 12.4 Å². The van der Waals surface area contributed by atoms with Gasteiger partial charge in [0.2, 0.25) is 6.79 Å². The standard InChI is InChI=1S/C25H24FNO3.ClH/c26-21-7-5-18(6-8-21)17-1-3-19(4-2-17)23-11-12-27-14-20(23)15-28-22-9-10-24-25(13-22)30-16-29-24;/h1-10,13,20,23,27H,11-12,14-16H2;1H/t20-,23+;/m1./s1. The molecule has 6 heteroatoms. The van der Waals surface area contributed by atoms with Crippen molar-refractivity contribution >= 4 is 12.4 Å². The summed E-state index contributed by atoms with van der Waals surface area (Å²) in [4.78, 5) is 0. The Labute approximate surface area is 187 Å². The first-order chi connectivity index (χ1) is 14.8. The molecule has 0 bridgehead atoms. The van der Waals surface area contributed by atoms with Crippen molar-refractivity contribution in [1.82, 2.24) is 5.32 Å². The Balaban J connectivity index is 0.00000231. The fourth-order valence-corrected chi connectivity index (χ4v) is 4.27. The van der Waals surface area contributed by atoms with Gasteiger partial charge in [-0.2, -0.15) is 0 Å². The van der Waals surface area contributed by atoms with Crippen molar-refractivity contribution in [3.05, 3.63) is 78.1 Å². The first-order valence-electron chi connectivity index (χ1n) is 10.4. The second-order valence-electron chi connectivity index (χ2n) is 7.81. The van der Waals surface area contributed by atoms with E-state index in [0.29, 0.717) is 18.4 Å². The molecule has 2 aliphatic rings. The largest absolute Gasteiger partial charge is 0.493 e. The lowest BCUT2D eigenvalue weighted by Gasteiger charge is -2.32. The highest BCUT2D eigenvalue weighted by molar-refractivity contribution is 5.85. The van der Waals surface area contributed by atoms with E-state index in [9.17, 15) is 4.39 Å². The summed E-state index contributed by atoms with van der Waals surface area (Å²) < 4.78 is 30.1. The average molecular weight is 442 g/mol. The molecule has 4 nitrogen and oxygen atoms in total. The number of benzene rings is 3. The van der Waals surface area contributed by atoms with Crippen molar-refractivity contribution in [2.75, 3.05) is 26.5 Å². The Bertz CT molecular complexity index is 1010. The molecule has 2 heterocycles. The van der Waals surface area contributed by atoms with Crippen LogP contribution in [0.25, 0.3) is 11.1 Å². The van der Waals surface area contributed by atoms with Gasteiger partial charge in [0.25, 0.3) is 0 Å². The minimum Gasteiger partial charge on any atom is -0.493 e.